The Labute approximate surface area is 79.5 Å². The maximum Gasteiger partial charge on any atom is 0.0535 e. The van der Waals surface area contributed by atoms with E-state index in [1.807, 2.05) is 30.0 Å². The van der Waals surface area contributed by atoms with Crippen molar-refractivity contribution in [2.45, 2.75) is 26.4 Å². The van der Waals surface area contributed by atoms with Crippen molar-refractivity contribution in [2.24, 2.45) is 0 Å². The SMILES string of the molecule is CC(C)n1cc(CNN(C)C)cn1. The Kier molecular flexibility index (Phi) is 3.45. The molecule has 0 aromatic carbocycles. The van der Waals surface area contributed by atoms with E-state index in [1.54, 1.807) is 0 Å². The molecule has 1 heterocycles. The van der Waals surface area contributed by atoms with Crippen molar-refractivity contribution in [2.75, 3.05) is 14.1 Å². The third-order valence-corrected chi connectivity index (χ3v) is 1.78. The van der Waals surface area contributed by atoms with Gasteiger partial charge in [-0.05, 0) is 13.8 Å². The van der Waals surface area contributed by atoms with E-state index in [9.17, 15) is 0 Å². The predicted octanol–water partition coefficient (Wildman–Crippen LogP) is 1.03. The van der Waals surface area contributed by atoms with Gasteiger partial charge < -0.3 is 0 Å². The van der Waals surface area contributed by atoms with Gasteiger partial charge in [0.15, 0.2) is 0 Å². The number of hydrogen-bond acceptors (Lipinski definition) is 3. The molecular formula is C9H18N4. The first kappa shape index (κ1) is 10.2. The van der Waals surface area contributed by atoms with Crippen molar-refractivity contribution in [1.82, 2.24) is 20.2 Å². The number of aromatic nitrogens is 2. The van der Waals surface area contributed by atoms with E-state index in [0.29, 0.717) is 6.04 Å². The fourth-order valence-electron chi connectivity index (χ4n) is 1.00. The molecule has 74 valence electrons. The van der Waals surface area contributed by atoms with Gasteiger partial charge in [-0.15, -0.1) is 0 Å². The van der Waals surface area contributed by atoms with E-state index >= 15 is 0 Å². The Balaban J connectivity index is 2.49. The van der Waals surface area contributed by atoms with Crippen molar-refractivity contribution in [3.8, 4) is 0 Å². The van der Waals surface area contributed by atoms with Gasteiger partial charge in [0.25, 0.3) is 0 Å². The average Bonchev–Trinajstić information content (AvgIpc) is 2.48. The molecule has 0 saturated carbocycles. The third kappa shape index (κ3) is 3.16. The molecule has 4 nitrogen and oxygen atoms in total. The maximum absolute atomic E-state index is 4.25. The molecule has 0 aliphatic carbocycles. The van der Waals surface area contributed by atoms with E-state index in [4.69, 9.17) is 0 Å². The van der Waals surface area contributed by atoms with Gasteiger partial charge in [-0.25, -0.2) is 0 Å². The summed E-state index contributed by atoms with van der Waals surface area (Å²) in [5.41, 5.74) is 4.40. The van der Waals surface area contributed by atoms with Crippen LogP contribution in [-0.4, -0.2) is 28.9 Å². The van der Waals surface area contributed by atoms with Gasteiger partial charge in [-0.3, -0.25) is 15.1 Å². The molecule has 0 unspecified atom stereocenters. The highest BCUT2D eigenvalue weighted by atomic mass is 15.5. The fourth-order valence-corrected chi connectivity index (χ4v) is 1.00. The lowest BCUT2D eigenvalue weighted by Gasteiger charge is -2.10. The van der Waals surface area contributed by atoms with E-state index in [-0.39, 0.29) is 0 Å². The summed E-state index contributed by atoms with van der Waals surface area (Å²) in [6, 6.07) is 0.438. The number of hydrazine groups is 1. The monoisotopic (exact) mass is 182 g/mol. The van der Waals surface area contributed by atoms with Gasteiger partial charge in [0, 0.05) is 38.4 Å². The average molecular weight is 182 g/mol. The largest absolute Gasteiger partial charge is 0.270 e. The smallest absolute Gasteiger partial charge is 0.0535 e. The Hall–Kier alpha value is -0.870. The van der Waals surface area contributed by atoms with Crippen molar-refractivity contribution in [3.63, 3.8) is 0 Å². The van der Waals surface area contributed by atoms with Gasteiger partial charge >= 0.3 is 0 Å². The fraction of sp³-hybridized carbons (Fsp3) is 0.667. The Bertz CT molecular complexity index is 252. The van der Waals surface area contributed by atoms with Gasteiger partial charge in [0.2, 0.25) is 0 Å². The molecule has 0 bridgehead atoms. The summed E-state index contributed by atoms with van der Waals surface area (Å²) in [7, 11) is 3.96. The molecule has 13 heavy (non-hydrogen) atoms. The van der Waals surface area contributed by atoms with Crippen LogP contribution in [0.1, 0.15) is 25.5 Å². The molecule has 1 N–H and O–H groups in total. The zero-order valence-corrected chi connectivity index (χ0v) is 8.78. The topological polar surface area (TPSA) is 33.1 Å². The summed E-state index contributed by atoms with van der Waals surface area (Å²) in [6.45, 7) is 5.08. The molecular weight excluding hydrogens is 164 g/mol. The third-order valence-electron chi connectivity index (χ3n) is 1.78. The summed E-state index contributed by atoms with van der Waals surface area (Å²) >= 11 is 0. The van der Waals surface area contributed by atoms with E-state index in [2.05, 4.69) is 30.6 Å². The lowest BCUT2D eigenvalue weighted by molar-refractivity contribution is 0.286. The first-order chi connectivity index (χ1) is 6.09. The van der Waals surface area contributed by atoms with Crippen LogP contribution in [0.15, 0.2) is 12.4 Å². The molecule has 1 rings (SSSR count). The van der Waals surface area contributed by atoms with Crippen LogP contribution >= 0.6 is 0 Å². The maximum atomic E-state index is 4.25. The van der Waals surface area contributed by atoms with Crippen molar-refractivity contribution in [3.05, 3.63) is 18.0 Å². The van der Waals surface area contributed by atoms with Crippen LogP contribution in [0.2, 0.25) is 0 Å². The summed E-state index contributed by atoms with van der Waals surface area (Å²) in [4.78, 5) is 0. The Morgan fingerprint density at radius 1 is 1.54 bits per heavy atom. The van der Waals surface area contributed by atoms with Gasteiger partial charge in [-0.1, -0.05) is 0 Å². The number of nitrogens with zero attached hydrogens (tertiary/aromatic N) is 3. The highest BCUT2D eigenvalue weighted by molar-refractivity contribution is 5.03. The summed E-state index contributed by atoms with van der Waals surface area (Å²) < 4.78 is 1.96. The van der Waals surface area contributed by atoms with E-state index < -0.39 is 0 Å². The van der Waals surface area contributed by atoms with Gasteiger partial charge in [0.05, 0.1) is 6.20 Å². The summed E-state index contributed by atoms with van der Waals surface area (Å²) in [6.07, 6.45) is 3.97. The normalized spacial score (nSPS) is 11.5. The lowest BCUT2D eigenvalue weighted by atomic mass is 10.3. The highest BCUT2D eigenvalue weighted by Gasteiger charge is 2.00. The minimum Gasteiger partial charge on any atom is -0.270 e. The van der Waals surface area contributed by atoms with Crippen molar-refractivity contribution in [1.29, 1.82) is 0 Å². The van der Waals surface area contributed by atoms with Crippen molar-refractivity contribution >= 4 is 0 Å². The lowest BCUT2D eigenvalue weighted by Crippen LogP contribution is -2.29. The minimum absolute atomic E-state index is 0.438. The Morgan fingerprint density at radius 2 is 2.23 bits per heavy atom. The molecule has 0 atom stereocenters. The molecule has 0 aliphatic rings. The van der Waals surface area contributed by atoms with Crippen LogP contribution in [0, 0.1) is 0 Å². The number of rotatable bonds is 4. The minimum atomic E-state index is 0.438. The van der Waals surface area contributed by atoms with Crippen LogP contribution in [0.5, 0.6) is 0 Å². The molecule has 0 radical (unpaired) electrons. The summed E-state index contributed by atoms with van der Waals surface area (Å²) in [5.74, 6) is 0. The molecule has 0 spiro atoms. The second-order valence-corrected chi connectivity index (χ2v) is 3.65. The second kappa shape index (κ2) is 4.39. The number of nitrogens with one attached hydrogen (secondary N) is 1. The predicted molar refractivity (Wildman–Crippen MR) is 53.1 cm³/mol. The summed E-state index contributed by atoms with van der Waals surface area (Å²) in [5, 5.41) is 6.19. The Morgan fingerprint density at radius 3 is 2.69 bits per heavy atom. The second-order valence-electron chi connectivity index (χ2n) is 3.65. The molecule has 0 amide bonds. The van der Waals surface area contributed by atoms with Crippen LogP contribution < -0.4 is 5.43 Å². The zero-order chi connectivity index (χ0) is 9.84. The first-order valence-electron chi connectivity index (χ1n) is 4.53. The first-order valence-corrected chi connectivity index (χ1v) is 4.53. The van der Waals surface area contributed by atoms with E-state index in [0.717, 1.165) is 6.54 Å². The molecule has 1 aromatic rings. The molecule has 1 aromatic heterocycles. The van der Waals surface area contributed by atoms with Crippen LogP contribution in [0.25, 0.3) is 0 Å². The zero-order valence-electron chi connectivity index (χ0n) is 8.78. The van der Waals surface area contributed by atoms with E-state index in [1.165, 1.54) is 5.56 Å². The molecule has 0 saturated heterocycles. The van der Waals surface area contributed by atoms with Crippen LogP contribution in [0.4, 0.5) is 0 Å². The highest BCUT2D eigenvalue weighted by Crippen LogP contribution is 2.04. The molecule has 0 fully saturated rings. The van der Waals surface area contributed by atoms with Crippen LogP contribution in [0.3, 0.4) is 0 Å². The van der Waals surface area contributed by atoms with Gasteiger partial charge in [0.1, 0.15) is 0 Å². The van der Waals surface area contributed by atoms with Crippen molar-refractivity contribution < 1.29 is 0 Å². The number of hydrogen-bond donors (Lipinski definition) is 1. The molecule has 4 heteroatoms. The standard InChI is InChI=1S/C9H18N4/c1-8(2)13-7-9(6-11-13)5-10-12(3)4/h6-8,10H,5H2,1-4H3. The molecule has 0 aliphatic heterocycles. The van der Waals surface area contributed by atoms with Crippen LogP contribution in [-0.2, 0) is 6.54 Å². The van der Waals surface area contributed by atoms with Gasteiger partial charge in [-0.2, -0.15) is 5.10 Å². The quantitative estimate of drug-likeness (QED) is 0.706.